The molecule has 172 valence electrons. The second kappa shape index (κ2) is 9.25. The monoisotopic (exact) mass is 476 g/mol. The number of para-hydroxylation sites is 1. The van der Waals surface area contributed by atoms with E-state index in [2.05, 4.69) is 15.3 Å². The Balaban J connectivity index is 1.62. The summed E-state index contributed by atoms with van der Waals surface area (Å²) in [6, 6.07) is 21.3. The zero-order chi connectivity index (χ0) is 24.3. The minimum atomic E-state index is -3.87. The lowest BCUT2D eigenvalue weighted by Gasteiger charge is -2.10. The summed E-state index contributed by atoms with van der Waals surface area (Å²) in [6.45, 7) is 0. The number of hydrogen-bond acceptors (Lipinski definition) is 7. The van der Waals surface area contributed by atoms with Crippen molar-refractivity contribution in [3.05, 3.63) is 95.6 Å². The molecule has 0 aliphatic carbocycles. The first-order valence-electron chi connectivity index (χ1n) is 9.99. The van der Waals surface area contributed by atoms with Crippen LogP contribution in [0.2, 0.25) is 0 Å². The van der Waals surface area contributed by atoms with Gasteiger partial charge in [0.05, 0.1) is 16.3 Å². The third-order valence-corrected chi connectivity index (χ3v) is 5.80. The number of nitrogens with zero attached hydrogens (tertiary/aromatic N) is 2. The number of carbonyl (C=O) groups is 1. The number of anilines is 1. The molecule has 6 N–H and O–H groups in total. The second-order valence-corrected chi connectivity index (χ2v) is 8.78. The molecule has 1 aliphatic rings. The zero-order valence-electron chi connectivity index (χ0n) is 17.7. The van der Waals surface area contributed by atoms with E-state index in [0.29, 0.717) is 11.4 Å². The number of nitrogens with one attached hydrogen (secondary N) is 2. The molecular weight excluding hydrogens is 456 g/mol. The molecule has 1 atom stereocenters. The van der Waals surface area contributed by atoms with Crippen molar-refractivity contribution in [2.75, 3.05) is 5.32 Å². The summed E-state index contributed by atoms with van der Waals surface area (Å²) in [4.78, 5) is 21.3. The Hall–Kier alpha value is -4.35. The van der Waals surface area contributed by atoms with Gasteiger partial charge in [-0.1, -0.05) is 48.5 Å². The van der Waals surface area contributed by atoms with Gasteiger partial charge in [-0.3, -0.25) is 10.2 Å². The number of hydrogen-bond donors (Lipinski definition) is 4. The molecule has 11 heteroatoms. The zero-order valence-corrected chi connectivity index (χ0v) is 18.5. The number of sulfonamides is 1. The van der Waals surface area contributed by atoms with Crippen molar-refractivity contribution in [1.82, 2.24) is 0 Å². The average molecular weight is 477 g/mol. The van der Waals surface area contributed by atoms with Crippen LogP contribution in [0.1, 0.15) is 16.7 Å². The van der Waals surface area contributed by atoms with E-state index < -0.39 is 34.0 Å². The highest BCUT2D eigenvalue weighted by Crippen LogP contribution is 2.24. The van der Waals surface area contributed by atoms with Crippen LogP contribution in [-0.2, 0) is 19.6 Å². The lowest BCUT2D eigenvalue weighted by atomic mass is 10.0. The molecule has 3 aromatic carbocycles. The van der Waals surface area contributed by atoms with Crippen LogP contribution in [0, 0.1) is 5.41 Å². The van der Waals surface area contributed by atoms with Crippen LogP contribution in [0.3, 0.4) is 0 Å². The number of benzene rings is 3. The first kappa shape index (κ1) is 22.8. The lowest BCUT2D eigenvalue weighted by molar-refractivity contribution is -0.117. The van der Waals surface area contributed by atoms with Crippen molar-refractivity contribution >= 4 is 39.2 Å². The van der Waals surface area contributed by atoms with E-state index >= 15 is 0 Å². The Kier molecular flexibility index (Phi) is 6.21. The summed E-state index contributed by atoms with van der Waals surface area (Å²) in [5, 5.41) is 15.9. The fraction of sp³-hybridized carbons (Fsp3) is 0.0435. The van der Waals surface area contributed by atoms with Crippen LogP contribution >= 0.6 is 0 Å². The third kappa shape index (κ3) is 5.00. The molecule has 1 amide bonds. The van der Waals surface area contributed by atoms with E-state index in [0.717, 1.165) is 11.1 Å². The van der Waals surface area contributed by atoms with Crippen LogP contribution in [0.25, 0.3) is 0 Å². The molecule has 0 bridgehead atoms. The summed E-state index contributed by atoms with van der Waals surface area (Å²) in [6.07, 6.45) is -1.26. The number of fused-ring (bicyclic) bond motifs is 1. The first-order valence-corrected chi connectivity index (χ1v) is 11.5. The highest BCUT2D eigenvalue weighted by atomic mass is 32.2. The Morgan fingerprint density at radius 1 is 1.00 bits per heavy atom. The highest BCUT2D eigenvalue weighted by molar-refractivity contribution is 7.89. The first-order chi connectivity index (χ1) is 16.2. The SMILES string of the molecule is N=C(OC(N)=NC1N=C(c2ccccc2)c2ccccc2NC1=O)c1ccc(S(N)(=O)=O)cc1. The Labute approximate surface area is 195 Å². The van der Waals surface area contributed by atoms with Gasteiger partial charge in [-0.05, 0) is 30.3 Å². The maximum atomic E-state index is 12.8. The average Bonchev–Trinajstić information content (AvgIpc) is 2.95. The number of benzodiazepines with no additional fused rings is 1. The summed E-state index contributed by atoms with van der Waals surface area (Å²) in [5.41, 5.74) is 8.73. The largest absolute Gasteiger partial charge is 0.407 e. The van der Waals surface area contributed by atoms with E-state index in [-0.39, 0.29) is 10.5 Å². The van der Waals surface area contributed by atoms with Gasteiger partial charge < -0.3 is 15.8 Å². The van der Waals surface area contributed by atoms with E-state index in [9.17, 15) is 13.2 Å². The van der Waals surface area contributed by atoms with E-state index in [1.807, 2.05) is 42.5 Å². The molecule has 0 aromatic heterocycles. The number of amidine groups is 1. The maximum absolute atomic E-state index is 12.8. The van der Waals surface area contributed by atoms with Crippen molar-refractivity contribution in [2.24, 2.45) is 20.9 Å². The van der Waals surface area contributed by atoms with Gasteiger partial charge in [0.25, 0.3) is 11.9 Å². The van der Waals surface area contributed by atoms with Crippen molar-refractivity contribution in [2.45, 2.75) is 11.1 Å². The highest BCUT2D eigenvalue weighted by Gasteiger charge is 2.26. The van der Waals surface area contributed by atoms with Crippen LogP contribution in [-0.4, -0.2) is 38.1 Å². The van der Waals surface area contributed by atoms with Gasteiger partial charge in [-0.25, -0.2) is 18.5 Å². The standard InChI is InChI=1S/C23H20N6O4S/c24-20(15-10-12-16(13-11-15)34(26,31)32)33-23(25)29-21-22(30)27-18-9-5-4-8-17(18)19(28-21)14-6-2-1-3-7-14/h1-13,21,24H,(H2,25,29)(H,27,30)(H2,26,31,32). The number of amides is 1. The maximum Gasteiger partial charge on any atom is 0.291 e. The molecule has 0 saturated heterocycles. The number of aliphatic imine (C=N–C) groups is 2. The topological polar surface area (TPSA) is 173 Å². The molecule has 4 rings (SSSR count). The molecule has 10 nitrogen and oxygen atoms in total. The normalized spacial score (nSPS) is 16.0. The molecule has 0 spiro atoms. The summed E-state index contributed by atoms with van der Waals surface area (Å²) >= 11 is 0. The Morgan fingerprint density at radius 3 is 2.32 bits per heavy atom. The molecule has 3 aromatic rings. The van der Waals surface area contributed by atoms with Gasteiger partial charge in [0.2, 0.25) is 22.1 Å². The fourth-order valence-corrected chi connectivity index (χ4v) is 3.78. The minimum absolute atomic E-state index is 0.108. The van der Waals surface area contributed by atoms with Gasteiger partial charge in [0.15, 0.2) is 0 Å². The molecular formula is C23H20N6O4S. The summed E-state index contributed by atoms with van der Waals surface area (Å²) < 4.78 is 28.0. The van der Waals surface area contributed by atoms with Gasteiger partial charge in [-0.2, -0.15) is 4.99 Å². The predicted molar refractivity (Wildman–Crippen MR) is 128 cm³/mol. The van der Waals surface area contributed by atoms with E-state index in [1.54, 1.807) is 12.1 Å². The molecule has 1 heterocycles. The van der Waals surface area contributed by atoms with Crippen molar-refractivity contribution in [3.63, 3.8) is 0 Å². The fourth-order valence-electron chi connectivity index (χ4n) is 3.27. The van der Waals surface area contributed by atoms with Gasteiger partial charge >= 0.3 is 0 Å². The molecule has 1 aliphatic heterocycles. The molecule has 34 heavy (non-hydrogen) atoms. The predicted octanol–water partition coefficient (Wildman–Crippen LogP) is 1.81. The van der Waals surface area contributed by atoms with Crippen molar-refractivity contribution < 1.29 is 17.9 Å². The molecule has 0 radical (unpaired) electrons. The Morgan fingerprint density at radius 2 is 1.65 bits per heavy atom. The van der Waals surface area contributed by atoms with Crippen LogP contribution in [0.15, 0.2) is 93.7 Å². The summed E-state index contributed by atoms with van der Waals surface area (Å²) in [7, 11) is -3.87. The number of rotatable bonds is 4. The number of primary sulfonamides is 1. The van der Waals surface area contributed by atoms with Crippen molar-refractivity contribution in [1.29, 1.82) is 5.41 Å². The van der Waals surface area contributed by atoms with Crippen LogP contribution < -0.4 is 16.2 Å². The number of carbonyl (C=O) groups excluding carboxylic acids is 1. The van der Waals surface area contributed by atoms with E-state index in [1.165, 1.54) is 24.3 Å². The Bertz CT molecular complexity index is 1420. The van der Waals surface area contributed by atoms with Gasteiger partial charge in [0, 0.05) is 16.7 Å². The van der Waals surface area contributed by atoms with Crippen LogP contribution in [0.5, 0.6) is 0 Å². The summed E-state index contributed by atoms with van der Waals surface area (Å²) in [5.74, 6) is -0.916. The smallest absolute Gasteiger partial charge is 0.291 e. The van der Waals surface area contributed by atoms with Gasteiger partial charge in [0.1, 0.15) is 0 Å². The quantitative estimate of drug-likeness (QED) is 0.331. The second-order valence-electron chi connectivity index (χ2n) is 7.22. The third-order valence-electron chi connectivity index (χ3n) is 4.87. The molecule has 1 unspecified atom stereocenters. The van der Waals surface area contributed by atoms with Gasteiger partial charge in [-0.15, -0.1) is 0 Å². The number of nitrogens with two attached hydrogens (primary N) is 2. The van der Waals surface area contributed by atoms with Crippen LogP contribution in [0.4, 0.5) is 5.69 Å². The van der Waals surface area contributed by atoms with Crippen molar-refractivity contribution in [3.8, 4) is 0 Å². The van der Waals surface area contributed by atoms with E-state index in [4.69, 9.17) is 21.0 Å². The molecule has 0 fully saturated rings. The lowest BCUT2D eigenvalue weighted by Crippen LogP contribution is -2.29. The minimum Gasteiger partial charge on any atom is -0.407 e. The molecule has 0 saturated carbocycles. The number of ether oxygens (including phenoxy) is 1.